The number of rotatable bonds is 8. The van der Waals surface area contributed by atoms with Crippen LogP contribution < -0.4 is 11.5 Å². The van der Waals surface area contributed by atoms with Crippen LogP contribution in [0.5, 0.6) is 0 Å². The molecule has 0 saturated carbocycles. The molecule has 4 atom stereocenters. The molecule has 2 aromatic rings. The number of aromatic nitrogens is 3. The standard InChI is InChI=1S/C29H56FN5O4Si3/c1-27(2,3)40(10,11)36-16-18-22(38-41(12,13)28(4,5)6)23(39-42(14,15)29(7,8)9)26(37-18)35-17-33-20-21(35)19(30)24(31)34-25(20)32/h17-18,22-23,26H,16H2,1-15H3,(H4,31,32,34)/t18-,22-,23-,26-/m1/s1. The molecule has 0 amide bonds. The molecule has 3 rings (SSSR count). The SMILES string of the molecule is CC(C)(C)[Si](C)(C)OC[C@H]1O[C@@H](n2cnc3c(N)nc(N)c(F)c32)[C@H](O[Si](C)(C)C(C)(C)C)[C@@H]1O[Si](C)(C)C(C)(C)C. The number of hydrogen-bond acceptors (Lipinski definition) is 8. The van der Waals surface area contributed by atoms with Crippen LogP contribution in [0.1, 0.15) is 68.5 Å². The average Bonchev–Trinajstić information content (AvgIpc) is 3.36. The Hall–Kier alpha value is -1.36. The molecule has 4 N–H and O–H groups in total. The molecule has 42 heavy (non-hydrogen) atoms. The summed E-state index contributed by atoms with van der Waals surface area (Å²) in [5, 5.41) is -0.126. The number of hydrogen-bond donors (Lipinski definition) is 2. The third-order valence-electron chi connectivity index (χ3n) is 10.2. The predicted molar refractivity (Wildman–Crippen MR) is 178 cm³/mol. The fourth-order valence-corrected chi connectivity index (χ4v) is 7.81. The topological polar surface area (TPSA) is 120 Å². The molecular formula is C29H56FN5O4Si3. The van der Waals surface area contributed by atoms with E-state index in [9.17, 15) is 0 Å². The number of anilines is 2. The van der Waals surface area contributed by atoms with E-state index in [4.69, 9.17) is 29.5 Å². The first-order chi connectivity index (χ1) is 18.7. The van der Waals surface area contributed by atoms with Gasteiger partial charge in [-0.25, -0.2) is 14.4 Å². The van der Waals surface area contributed by atoms with Crippen molar-refractivity contribution in [2.75, 3.05) is 18.1 Å². The first kappa shape index (κ1) is 35.1. The Labute approximate surface area is 255 Å². The zero-order valence-electron chi connectivity index (χ0n) is 28.6. The molecule has 0 unspecified atom stereocenters. The van der Waals surface area contributed by atoms with E-state index in [1.165, 1.54) is 0 Å². The monoisotopic (exact) mass is 641 g/mol. The number of ether oxygens (including phenoxy) is 1. The second-order valence-electron chi connectivity index (χ2n) is 16.4. The number of imidazole rings is 1. The zero-order valence-corrected chi connectivity index (χ0v) is 31.6. The zero-order chi connectivity index (χ0) is 32.4. The van der Waals surface area contributed by atoms with Crippen LogP contribution in [0.4, 0.5) is 16.0 Å². The number of pyridine rings is 1. The van der Waals surface area contributed by atoms with Crippen molar-refractivity contribution >= 4 is 47.6 Å². The van der Waals surface area contributed by atoms with Crippen molar-refractivity contribution in [3.63, 3.8) is 0 Å². The molecule has 2 aromatic heterocycles. The summed E-state index contributed by atoms with van der Waals surface area (Å²) < 4.78 is 45.2. The van der Waals surface area contributed by atoms with Gasteiger partial charge in [0.2, 0.25) is 0 Å². The Balaban J connectivity index is 2.22. The highest BCUT2D eigenvalue weighted by Gasteiger charge is 2.55. The van der Waals surface area contributed by atoms with Gasteiger partial charge in [0, 0.05) is 0 Å². The Kier molecular flexibility index (Phi) is 9.38. The molecule has 1 aliphatic rings. The second-order valence-corrected chi connectivity index (χ2v) is 30.7. The number of nitrogen functional groups attached to an aromatic ring is 2. The van der Waals surface area contributed by atoms with Crippen molar-refractivity contribution in [2.45, 2.75) is 141 Å². The molecule has 0 aromatic carbocycles. The quantitative estimate of drug-likeness (QED) is 0.286. The summed E-state index contributed by atoms with van der Waals surface area (Å²) >= 11 is 0. The highest BCUT2D eigenvalue weighted by atomic mass is 28.4. The van der Waals surface area contributed by atoms with E-state index in [2.05, 4.69) is 112 Å². The van der Waals surface area contributed by atoms with Gasteiger partial charge in [-0.3, -0.25) is 4.57 Å². The lowest BCUT2D eigenvalue weighted by atomic mass is 10.1. The molecule has 3 heterocycles. The molecule has 0 spiro atoms. The lowest BCUT2D eigenvalue weighted by Gasteiger charge is -2.44. The van der Waals surface area contributed by atoms with Gasteiger partial charge in [-0.2, -0.15) is 0 Å². The van der Waals surface area contributed by atoms with Crippen LogP contribution in [0.15, 0.2) is 6.33 Å². The molecule has 9 nitrogen and oxygen atoms in total. The molecule has 1 aliphatic heterocycles. The fourth-order valence-electron chi connectivity index (χ4n) is 4.19. The Morgan fingerprint density at radius 2 is 1.29 bits per heavy atom. The van der Waals surface area contributed by atoms with E-state index in [1.807, 2.05) is 0 Å². The maximum Gasteiger partial charge on any atom is 0.192 e. The van der Waals surface area contributed by atoms with Gasteiger partial charge in [-0.1, -0.05) is 62.3 Å². The summed E-state index contributed by atoms with van der Waals surface area (Å²) in [7, 11) is -6.82. The number of nitrogens with two attached hydrogens (primary N) is 2. The fraction of sp³-hybridized carbons (Fsp3) is 0.793. The highest BCUT2D eigenvalue weighted by Crippen LogP contribution is 2.47. The van der Waals surface area contributed by atoms with Crippen molar-refractivity contribution in [3.8, 4) is 0 Å². The molecule has 0 radical (unpaired) electrons. The summed E-state index contributed by atoms with van der Waals surface area (Å²) in [5.74, 6) is -0.905. The van der Waals surface area contributed by atoms with E-state index >= 15 is 4.39 Å². The Bertz CT molecular complexity index is 1280. The summed E-state index contributed by atoms with van der Waals surface area (Å²) in [6, 6.07) is 0. The normalized spacial score (nSPS) is 23.2. The highest BCUT2D eigenvalue weighted by molar-refractivity contribution is 6.75. The van der Waals surface area contributed by atoms with E-state index in [1.54, 1.807) is 10.9 Å². The van der Waals surface area contributed by atoms with Crippen LogP contribution in [0.2, 0.25) is 54.4 Å². The van der Waals surface area contributed by atoms with Crippen LogP contribution in [0, 0.1) is 5.82 Å². The number of halogens is 1. The average molecular weight is 642 g/mol. The Morgan fingerprint density at radius 3 is 1.76 bits per heavy atom. The van der Waals surface area contributed by atoms with Gasteiger partial charge < -0.3 is 29.5 Å². The summed E-state index contributed by atoms with van der Waals surface area (Å²) in [6.45, 7) is 33.6. The molecular weight excluding hydrogens is 586 g/mol. The molecule has 0 bridgehead atoms. The van der Waals surface area contributed by atoms with Gasteiger partial charge >= 0.3 is 0 Å². The largest absolute Gasteiger partial charge is 0.414 e. The van der Waals surface area contributed by atoms with Gasteiger partial charge in [-0.05, 0) is 54.4 Å². The molecule has 1 fully saturated rings. The van der Waals surface area contributed by atoms with Crippen LogP contribution >= 0.6 is 0 Å². The summed E-state index contributed by atoms with van der Waals surface area (Å²) in [4.78, 5) is 8.37. The van der Waals surface area contributed by atoms with Gasteiger partial charge in [0.05, 0.1) is 12.9 Å². The van der Waals surface area contributed by atoms with Crippen molar-refractivity contribution in [2.24, 2.45) is 0 Å². The third-order valence-corrected chi connectivity index (χ3v) is 23.6. The molecule has 1 saturated heterocycles. The van der Waals surface area contributed by atoms with Crippen molar-refractivity contribution in [3.05, 3.63) is 12.1 Å². The first-order valence-corrected chi connectivity index (χ1v) is 23.7. The van der Waals surface area contributed by atoms with E-state index in [0.717, 1.165) is 0 Å². The smallest absolute Gasteiger partial charge is 0.192 e. The van der Waals surface area contributed by atoms with Gasteiger partial charge in [-0.15, -0.1) is 0 Å². The summed E-state index contributed by atoms with van der Waals surface area (Å²) in [6.07, 6.45) is -0.668. The van der Waals surface area contributed by atoms with Gasteiger partial charge in [0.25, 0.3) is 0 Å². The van der Waals surface area contributed by atoms with E-state index < -0.39 is 55.3 Å². The summed E-state index contributed by atoms with van der Waals surface area (Å²) in [5.41, 5.74) is 12.4. The third kappa shape index (κ3) is 6.66. The number of nitrogens with zero attached hydrogens (tertiary/aromatic N) is 3. The van der Waals surface area contributed by atoms with Crippen LogP contribution in [0.3, 0.4) is 0 Å². The van der Waals surface area contributed by atoms with Crippen molar-refractivity contribution in [1.82, 2.24) is 14.5 Å². The molecule has 0 aliphatic carbocycles. The van der Waals surface area contributed by atoms with Crippen LogP contribution in [-0.4, -0.2) is 64.4 Å². The lowest BCUT2D eigenvalue weighted by molar-refractivity contribution is -0.0470. The van der Waals surface area contributed by atoms with Crippen molar-refractivity contribution in [1.29, 1.82) is 0 Å². The maximum atomic E-state index is 15.6. The van der Waals surface area contributed by atoms with E-state index in [0.29, 0.717) is 6.61 Å². The predicted octanol–water partition coefficient (Wildman–Crippen LogP) is 7.43. The first-order valence-electron chi connectivity index (χ1n) is 14.9. The molecule has 240 valence electrons. The van der Waals surface area contributed by atoms with E-state index in [-0.39, 0.29) is 37.8 Å². The van der Waals surface area contributed by atoms with Crippen molar-refractivity contribution < 1.29 is 22.4 Å². The minimum atomic E-state index is -2.38. The van der Waals surface area contributed by atoms with Crippen LogP contribution in [-0.2, 0) is 18.0 Å². The van der Waals surface area contributed by atoms with Crippen LogP contribution in [0.25, 0.3) is 11.0 Å². The van der Waals surface area contributed by atoms with Gasteiger partial charge in [0.15, 0.2) is 48.6 Å². The lowest BCUT2D eigenvalue weighted by Crippen LogP contribution is -2.54. The maximum absolute atomic E-state index is 15.6. The molecule has 13 heteroatoms. The number of fused-ring (bicyclic) bond motifs is 1. The minimum absolute atomic E-state index is 0.0174. The van der Waals surface area contributed by atoms with Gasteiger partial charge in [0.1, 0.15) is 29.3 Å². The second kappa shape index (κ2) is 11.2. The Morgan fingerprint density at radius 1 is 0.810 bits per heavy atom. The minimum Gasteiger partial charge on any atom is -0.414 e.